The predicted molar refractivity (Wildman–Crippen MR) is 263 cm³/mol. The summed E-state index contributed by atoms with van der Waals surface area (Å²) in [4.78, 5) is 2.44. The number of fused-ring (bicyclic) bond motifs is 7. The molecule has 2 nitrogen and oxygen atoms in total. The standard InChI is InChI=1S/C60H39NO/c1-4-17-49-41(13-1)15-11-22-53(49)54-19-6-9-24-57(54)61(47-36-33-44(34-37-47)52-21-12-26-59-60(52)55-20-7-10-25-58(55)62-59)56-23-8-5-18-51(56)43-29-27-40(28-30-43)45-35-38-50-46(39-45)32-31-42-14-2-3-16-48(42)50/h1-39H. The predicted octanol–water partition coefficient (Wildman–Crippen LogP) is 17.2. The van der Waals surface area contributed by atoms with Crippen LogP contribution < -0.4 is 4.90 Å². The summed E-state index contributed by atoms with van der Waals surface area (Å²) in [5.41, 5.74) is 14.4. The van der Waals surface area contributed by atoms with Crippen molar-refractivity contribution in [2.24, 2.45) is 0 Å². The summed E-state index contributed by atoms with van der Waals surface area (Å²) in [6.07, 6.45) is 0. The summed E-state index contributed by atoms with van der Waals surface area (Å²) >= 11 is 0. The Morgan fingerprint density at radius 3 is 1.60 bits per heavy atom. The first-order valence-corrected chi connectivity index (χ1v) is 21.2. The third-order valence-corrected chi connectivity index (χ3v) is 12.5. The molecular weight excluding hydrogens is 751 g/mol. The van der Waals surface area contributed by atoms with Gasteiger partial charge < -0.3 is 9.32 Å². The molecule has 12 aromatic rings. The summed E-state index contributed by atoms with van der Waals surface area (Å²) < 4.78 is 6.29. The van der Waals surface area contributed by atoms with Crippen LogP contribution in [0, 0.1) is 0 Å². The van der Waals surface area contributed by atoms with Crippen LogP contribution in [0.5, 0.6) is 0 Å². The van der Waals surface area contributed by atoms with Gasteiger partial charge in [0.15, 0.2) is 0 Å². The number of rotatable bonds is 7. The molecular formula is C60H39NO. The van der Waals surface area contributed by atoms with Crippen LogP contribution in [0.15, 0.2) is 241 Å². The minimum Gasteiger partial charge on any atom is -0.456 e. The maximum Gasteiger partial charge on any atom is 0.136 e. The van der Waals surface area contributed by atoms with Crippen LogP contribution in [0.1, 0.15) is 0 Å². The van der Waals surface area contributed by atoms with E-state index < -0.39 is 0 Å². The van der Waals surface area contributed by atoms with Crippen molar-refractivity contribution in [3.63, 3.8) is 0 Å². The monoisotopic (exact) mass is 789 g/mol. The molecule has 0 radical (unpaired) electrons. The van der Waals surface area contributed by atoms with Crippen molar-refractivity contribution in [1.29, 1.82) is 0 Å². The molecule has 0 amide bonds. The fourth-order valence-electron chi connectivity index (χ4n) is 9.52. The molecule has 0 bridgehead atoms. The molecule has 1 heterocycles. The first-order chi connectivity index (χ1) is 30.7. The van der Waals surface area contributed by atoms with Crippen LogP contribution in [0.4, 0.5) is 17.1 Å². The Labute approximate surface area is 360 Å². The Balaban J connectivity index is 0.995. The van der Waals surface area contributed by atoms with E-state index in [1.54, 1.807) is 0 Å². The van der Waals surface area contributed by atoms with E-state index in [1.165, 1.54) is 49.0 Å². The number of hydrogen-bond acceptors (Lipinski definition) is 2. The van der Waals surface area contributed by atoms with Crippen LogP contribution in [-0.4, -0.2) is 0 Å². The van der Waals surface area contributed by atoms with E-state index in [9.17, 15) is 0 Å². The lowest BCUT2D eigenvalue weighted by atomic mass is 9.94. The Morgan fingerprint density at radius 2 is 0.774 bits per heavy atom. The van der Waals surface area contributed by atoms with Crippen molar-refractivity contribution in [3.8, 4) is 44.5 Å². The highest BCUT2D eigenvalue weighted by Gasteiger charge is 2.22. The Hall–Kier alpha value is -8.20. The number of nitrogens with zero attached hydrogens (tertiary/aromatic N) is 1. The van der Waals surface area contributed by atoms with Crippen LogP contribution in [-0.2, 0) is 0 Å². The van der Waals surface area contributed by atoms with E-state index >= 15 is 0 Å². The molecule has 290 valence electrons. The van der Waals surface area contributed by atoms with Crippen LogP contribution in [0.2, 0.25) is 0 Å². The third kappa shape index (κ3) is 6.04. The highest BCUT2D eigenvalue weighted by atomic mass is 16.3. The van der Waals surface area contributed by atoms with Gasteiger partial charge in [-0.3, -0.25) is 0 Å². The lowest BCUT2D eigenvalue weighted by Crippen LogP contribution is -2.12. The summed E-state index contributed by atoms with van der Waals surface area (Å²) in [7, 11) is 0. The third-order valence-electron chi connectivity index (χ3n) is 12.5. The largest absolute Gasteiger partial charge is 0.456 e. The number of anilines is 3. The maximum absolute atomic E-state index is 6.29. The smallest absolute Gasteiger partial charge is 0.136 e. The lowest BCUT2D eigenvalue weighted by Gasteiger charge is -2.30. The van der Waals surface area contributed by atoms with Gasteiger partial charge in [0.05, 0.1) is 11.4 Å². The summed E-state index contributed by atoms with van der Waals surface area (Å²) in [6, 6.07) is 85.6. The first-order valence-electron chi connectivity index (χ1n) is 21.2. The molecule has 0 saturated carbocycles. The molecule has 1 aromatic heterocycles. The minimum absolute atomic E-state index is 0.896. The van der Waals surface area contributed by atoms with Crippen LogP contribution in [0.25, 0.3) is 98.8 Å². The molecule has 0 fully saturated rings. The van der Waals surface area contributed by atoms with Crippen molar-refractivity contribution in [2.45, 2.75) is 0 Å². The van der Waals surface area contributed by atoms with Gasteiger partial charge in [0, 0.05) is 27.6 Å². The average Bonchev–Trinajstić information content (AvgIpc) is 3.74. The Bertz CT molecular complexity index is 3630. The van der Waals surface area contributed by atoms with Gasteiger partial charge in [-0.1, -0.05) is 194 Å². The molecule has 0 aliphatic heterocycles. The molecule has 0 N–H and O–H groups in total. The average molecular weight is 790 g/mol. The highest BCUT2D eigenvalue weighted by molar-refractivity contribution is 6.13. The summed E-state index contributed by atoms with van der Waals surface area (Å²) in [5, 5.41) is 9.79. The number of hydrogen-bond donors (Lipinski definition) is 0. The molecule has 12 rings (SSSR count). The molecule has 0 unspecified atom stereocenters. The summed E-state index contributed by atoms with van der Waals surface area (Å²) in [5.74, 6) is 0. The van der Waals surface area contributed by atoms with Gasteiger partial charge in [-0.25, -0.2) is 0 Å². The molecule has 0 atom stereocenters. The fraction of sp³-hybridized carbons (Fsp3) is 0. The second kappa shape index (κ2) is 14.8. The van der Waals surface area contributed by atoms with Crippen molar-refractivity contribution in [2.75, 3.05) is 4.90 Å². The van der Waals surface area contributed by atoms with Crippen LogP contribution in [0.3, 0.4) is 0 Å². The SMILES string of the molecule is c1ccc(N(c2ccc(-c3cccc4oc5ccccc5c34)cc2)c2ccccc2-c2cccc3ccccc23)c(-c2ccc(-c3ccc4c(ccc5ccccc54)c3)cc2)c1. The second-order valence-corrected chi connectivity index (χ2v) is 16.0. The van der Waals surface area contributed by atoms with Gasteiger partial charge in [-0.2, -0.15) is 0 Å². The molecule has 0 spiro atoms. The molecule has 0 saturated heterocycles. The van der Waals surface area contributed by atoms with Gasteiger partial charge in [-0.05, 0) is 108 Å². The number of para-hydroxylation sites is 3. The van der Waals surface area contributed by atoms with E-state index in [-0.39, 0.29) is 0 Å². The maximum atomic E-state index is 6.29. The normalized spacial score (nSPS) is 11.5. The van der Waals surface area contributed by atoms with Crippen molar-refractivity contribution in [1.82, 2.24) is 0 Å². The molecule has 62 heavy (non-hydrogen) atoms. The van der Waals surface area contributed by atoms with Crippen molar-refractivity contribution in [3.05, 3.63) is 237 Å². The molecule has 11 aromatic carbocycles. The molecule has 0 aliphatic rings. The van der Waals surface area contributed by atoms with Gasteiger partial charge in [0.1, 0.15) is 11.2 Å². The zero-order valence-electron chi connectivity index (χ0n) is 33.9. The first kappa shape index (κ1) is 35.7. The van der Waals surface area contributed by atoms with Gasteiger partial charge in [-0.15, -0.1) is 0 Å². The van der Waals surface area contributed by atoms with E-state index in [4.69, 9.17) is 4.42 Å². The van der Waals surface area contributed by atoms with E-state index in [1.807, 2.05) is 12.1 Å². The van der Waals surface area contributed by atoms with Crippen molar-refractivity contribution >= 4 is 71.3 Å². The minimum atomic E-state index is 0.896. The zero-order chi connectivity index (χ0) is 41.0. The Kier molecular flexibility index (Phi) is 8.53. The second-order valence-electron chi connectivity index (χ2n) is 16.0. The Morgan fingerprint density at radius 1 is 0.274 bits per heavy atom. The zero-order valence-corrected chi connectivity index (χ0v) is 33.9. The van der Waals surface area contributed by atoms with Crippen molar-refractivity contribution < 1.29 is 4.42 Å². The lowest BCUT2D eigenvalue weighted by molar-refractivity contribution is 0.669. The van der Waals surface area contributed by atoms with Crippen LogP contribution >= 0.6 is 0 Å². The van der Waals surface area contributed by atoms with Gasteiger partial charge >= 0.3 is 0 Å². The van der Waals surface area contributed by atoms with E-state index in [2.05, 4.69) is 229 Å². The molecule has 0 aliphatic carbocycles. The quantitative estimate of drug-likeness (QED) is 0.150. The van der Waals surface area contributed by atoms with Gasteiger partial charge in [0.25, 0.3) is 0 Å². The summed E-state index contributed by atoms with van der Waals surface area (Å²) in [6.45, 7) is 0. The molecule has 2 heteroatoms. The fourth-order valence-corrected chi connectivity index (χ4v) is 9.52. The highest BCUT2D eigenvalue weighted by Crippen LogP contribution is 2.47. The van der Waals surface area contributed by atoms with Gasteiger partial charge in [0.2, 0.25) is 0 Å². The number of furan rings is 1. The van der Waals surface area contributed by atoms with E-state index in [0.717, 1.165) is 66.8 Å². The van der Waals surface area contributed by atoms with E-state index in [0.29, 0.717) is 0 Å². The number of benzene rings is 11. The topological polar surface area (TPSA) is 16.4 Å².